The number of hydrogen-bond acceptors (Lipinski definition) is 4. The second-order valence-corrected chi connectivity index (χ2v) is 5.40. The second-order valence-electron chi connectivity index (χ2n) is 4.99. The van der Waals surface area contributed by atoms with E-state index in [1.807, 2.05) is 0 Å². The number of fused-ring (bicyclic) bond motifs is 1. The van der Waals surface area contributed by atoms with Crippen LogP contribution in [0, 0.1) is 0 Å². The lowest BCUT2D eigenvalue weighted by Crippen LogP contribution is -2.36. The number of aromatic nitrogens is 3. The molecular weight excluding hydrogens is 367 g/mol. The average molecular weight is 380 g/mol. The van der Waals surface area contributed by atoms with Gasteiger partial charge in [0.2, 0.25) is 0 Å². The molecule has 0 aromatic carbocycles. The normalized spacial score (nSPS) is 11.5. The molecular formula is C13H13ClF3N5O3. The van der Waals surface area contributed by atoms with Gasteiger partial charge in [-0.15, -0.1) is 10.2 Å². The molecule has 8 nitrogen and oxygen atoms in total. The number of rotatable bonds is 6. The quantitative estimate of drug-likeness (QED) is 0.666. The van der Waals surface area contributed by atoms with E-state index in [0.717, 1.165) is 16.7 Å². The van der Waals surface area contributed by atoms with E-state index in [0.29, 0.717) is 0 Å². The van der Waals surface area contributed by atoms with Crippen molar-refractivity contribution in [3.05, 3.63) is 28.7 Å². The van der Waals surface area contributed by atoms with Crippen LogP contribution in [0.1, 0.15) is 24.2 Å². The number of hydrogen-bond donors (Lipinski definition) is 3. The van der Waals surface area contributed by atoms with Crippen molar-refractivity contribution in [1.29, 1.82) is 0 Å². The Morgan fingerprint density at radius 2 is 2.00 bits per heavy atom. The number of pyridine rings is 1. The number of halogens is 4. The Balaban J connectivity index is 2.03. The summed E-state index contributed by atoms with van der Waals surface area (Å²) in [6.45, 7) is -0.0493. The molecule has 0 bridgehead atoms. The Kier molecular flexibility index (Phi) is 5.67. The molecule has 0 aliphatic carbocycles. The monoisotopic (exact) mass is 379 g/mol. The van der Waals surface area contributed by atoms with Crippen LogP contribution < -0.4 is 10.6 Å². The van der Waals surface area contributed by atoms with E-state index < -0.39 is 23.7 Å². The van der Waals surface area contributed by atoms with E-state index in [1.54, 1.807) is 0 Å². The topological polar surface area (TPSA) is 109 Å². The second kappa shape index (κ2) is 7.55. The molecule has 0 atom stereocenters. The number of urea groups is 1. The smallest absolute Gasteiger partial charge is 0.417 e. The van der Waals surface area contributed by atoms with E-state index in [1.165, 1.54) is 0 Å². The highest BCUT2D eigenvalue weighted by atomic mass is 35.5. The summed E-state index contributed by atoms with van der Waals surface area (Å²) in [4.78, 5) is 21.9. The summed E-state index contributed by atoms with van der Waals surface area (Å²) in [7, 11) is 0. The van der Waals surface area contributed by atoms with Crippen molar-refractivity contribution >= 4 is 29.2 Å². The van der Waals surface area contributed by atoms with Crippen LogP contribution in [0.15, 0.2) is 12.3 Å². The molecule has 0 unspecified atom stereocenters. The summed E-state index contributed by atoms with van der Waals surface area (Å²) < 4.78 is 39.6. The third kappa shape index (κ3) is 4.95. The summed E-state index contributed by atoms with van der Waals surface area (Å²) in [6.07, 6.45) is -3.63. The largest absolute Gasteiger partial charge is 0.481 e. The van der Waals surface area contributed by atoms with E-state index in [-0.39, 0.29) is 42.4 Å². The van der Waals surface area contributed by atoms with Gasteiger partial charge in [-0.1, -0.05) is 11.6 Å². The van der Waals surface area contributed by atoms with Crippen LogP contribution in [0.4, 0.5) is 18.0 Å². The van der Waals surface area contributed by atoms with Gasteiger partial charge in [-0.3, -0.25) is 9.20 Å². The maximum absolute atomic E-state index is 12.8. The van der Waals surface area contributed by atoms with E-state index >= 15 is 0 Å². The van der Waals surface area contributed by atoms with Crippen LogP contribution >= 0.6 is 11.6 Å². The van der Waals surface area contributed by atoms with Crippen LogP contribution in [0.25, 0.3) is 5.65 Å². The molecule has 2 aromatic rings. The summed E-state index contributed by atoms with van der Waals surface area (Å²) in [5.41, 5.74) is -0.933. The van der Waals surface area contributed by atoms with Crippen molar-refractivity contribution in [2.75, 3.05) is 6.54 Å². The maximum atomic E-state index is 12.8. The first-order valence-corrected chi connectivity index (χ1v) is 7.40. The molecule has 12 heteroatoms. The first-order chi connectivity index (χ1) is 11.7. The third-order valence-electron chi connectivity index (χ3n) is 3.12. The van der Waals surface area contributed by atoms with Crippen LogP contribution in [0.3, 0.4) is 0 Å². The van der Waals surface area contributed by atoms with Crippen LogP contribution in [-0.2, 0) is 17.5 Å². The summed E-state index contributed by atoms with van der Waals surface area (Å²) in [5, 5.41) is 20.5. The number of carboxylic acids is 1. The standard InChI is InChI=1S/C13H13ClF3N5O3/c14-8-4-7(13(15,16)17)6-22-9(20-21-11(8)22)5-19-12(25)18-3-1-2-10(23)24/h4,6H,1-3,5H2,(H,23,24)(H2,18,19,25). The maximum Gasteiger partial charge on any atom is 0.417 e. The number of amides is 2. The molecule has 25 heavy (non-hydrogen) atoms. The zero-order valence-electron chi connectivity index (χ0n) is 12.6. The van der Waals surface area contributed by atoms with E-state index in [4.69, 9.17) is 16.7 Å². The Hall–Kier alpha value is -2.56. The van der Waals surface area contributed by atoms with Crippen LogP contribution in [0.5, 0.6) is 0 Å². The number of aliphatic carboxylic acids is 1. The molecule has 0 saturated heterocycles. The Bertz CT molecular complexity index is 793. The number of alkyl halides is 3. The lowest BCUT2D eigenvalue weighted by molar-refractivity contribution is -0.138. The van der Waals surface area contributed by atoms with Gasteiger partial charge < -0.3 is 15.7 Å². The molecule has 0 saturated carbocycles. The zero-order chi connectivity index (χ0) is 18.6. The summed E-state index contributed by atoms with van der Waals surface area (Å²) in [5.74, 6) is -0.918. The highest BCUT2D eigenvalue weighted by Crippen LogP contribution is 2.32. The lowest BCUT2D eigenvalue weighted by Gasteiger charge is -2.09. The minimum Gasteiger partial charge on any atom is -0.481 e. The van der Waals surface area contributed by atoms with Crippen LogP contribution in [0.2, 0.25) is 5.02 Å². The van der Waals surface area contributed by atoms with Crippen molar-refractivity contribution < 1.29 is 27.9 Å². The minimum absolute atomic E-state index is 0.0355. The van der Waals surface area contributed by atoms with Crippen LogP contribution in [-0.4, -0.2) is 38.2 Å². The summed E-state index contributed by atoms with van der Waals surface area (Å²) >= 11 is 5.78. The minimum atomic E-state index is -4.59. The molecule has 0 radical (unpaired) electrons. The van der Waals surface area contributed by atoms with Gasteiger partial charge in [0, 0.05) is 19.2 Å². The first-order valence-electron chi connectivity index (χ1n) is 7.02. The number of nitrogens with zero attached hydrogens (tertiary/aromatic N) is 3. The van der Waals surface area contributed by atoms with Gasteiger partial charge in [0.15, 0.2) is 11.5 Å². The van der Waals surface area contributed by atoms with Gasteiger partial charge in [-0.05, 0) is 12.5 Å². The molecule has 2 aromatic heterocycles. The van der Waals surface area contributed by atoms with Gasteiger partial charge in [0.1, 0.15) is 0 Å². The molecule has 2 rings (SSSR count). The fourth-order valence-electron chi connectivity index (χ4n) is 1.94. The number of carboxylic acid groups (broad SMARTS) is 1. The fourth-order valence-corrected chi connectivity index (χ4v) is 2.18. The number of carbonyl (C=O) groups excluding carboxylic acids is 1. The average Bonchev–Trinajstić information content (AvgIpc) is 2.92. The molecule has 3 N–H and O–H groups in total. The molecule has 2 amide bonds. The molecule has 136 valence electrons. The highest BCUT2D eigenvalue weighted by Gasteiger charge is 2.32. The zero-order valence-corrected chi connectivity index (χ0v) is 13.4. The SMILES string of the molecule is O=C(O)CCCNC(=O)NCc1nnc2c(Cl)cc(C(F)(F)F)cn12. The Morgan fingerprint density at radius 3 is 2.64 bits per heavy atom. The third-order valence-corrected chi connectivity index (χ3v) is 3.40. The van der Waals surface area contributed by atoms with Crippen molar-refractivity contribution in [1.82, 2.24) is 25.2 Å². The molecule has 0 fully saturated rings. The first kappa shape index (κ1) is 18.8. The van der Waals surface area contributed by atoms with Crippen molar-refractivity contribution in [2.24, 2.45) is 0 Å². The Morgan fingerprint density at radius 1 is 1.28 bits per heavy atom. The number of nitrogens with one attached hydrogen (secondary N) is 2. The number of carbonyl (C=O) groups is 2. The van der Waals surface area contributed by atoms with Crippen molar-refractivity contribution in [3.63, 3.8) is 0 Å². The van der Waals surface area contributed by atoms with Gasteiger partial charge in [-0.25, -0.2) is 4.79 Å². The van der Waals surface area contributed by atoms with Crippen molar-refractivity contribution in [2.45, 2.75) is 25.6 Å². The summed E-state index contributed by atoms with van der Waals surface area (Å²) in [6, 6.07) is 0.137. The lowest BCUT2D eigenvalue weighted by atomic mass is 10.3. The van der Waals surface area contributed by atoms with Gasteiger partial charge in [0.25, 0.3) is 0 Å². The van der Waals surface area contributed by atoms with Gasteiger partial charge >= 0.3 is 18.2 Å². The van der Waals surface area contributed by atoms with Crippen molar-refractivity contribution in [3.8, 4) is 0 Å². The molecule has 0 aliphatic heterocycles. The molecule has 0 spiro atoms. The van der Waals surface area contributed by atoms with Gasteiger partial charge in [0.05, 0.1) is 17.1 Å². The predicted octanol–water partition coefficient (Wildman–Crippen LogP) is 2.07. The van der Waals surface area contributed by atoms with E-state index in [9.17, 15) is 22.8 Å². The Labute approximate surface area is 144 Å². The highest BCUT2D eigenvalue weighted by molar-refractivity contribution is 6.33. The molecule has 0 aliphatic rings. The predicted molar refractivity (Wildman–Crippen MR) is 80.1 cm³/mol. The van der Waals surface area contributed by atoms with Gasteiger partial charge in [-0.2, -0.15) is 13.2 Å². The molecule has 2 heterocycles. The fraction of sp³-hybridized carbons (Fsp3) is 0.385. The van der Waals surface area contributed by atoms with E-state index in [2.05, 4.69) is 20.8 Å².